The second-order valence-corrected chi connectivity index (χ2v) is 3.98. The van der Waals surface area contributed by atoms with Crippen LogP contribution in [0.15, 0.2) is 18.2 Å². The molecule has 1 atom stereocenters. The minimum Gasteiger partial charge on any atom is -0.468 e. The Morgan fingerprint density at radius 2 is 2.17 bits per heavy atom. The van der Waals surface area contributed by atoms with Gasteiger partial charge in [-0.3, -0.25) is 10.1 Å². The fourth-order valence-electron chi connectivity index (χ4n) is 1.68. The molecule has 0 heterocycles. The molecule has 1 aromatic rings. The molecular formula is C12H12N2O4. The molecule has 0 aliphatic heterocycles. The number of nitrogens with zero attached hydrogens (tertiary/aromatic N) is 2. The number of rotatable bonds is 3. The predicted molar refractivity (Wildman–Crippen MR) is 62.8 cm³/mol. The first kappa shape index (κ1) is 13.6. The standard InChI is InChI=1S/C12H12N2O4/c1-8-4-5-9(14(16)17)6-10(8)12(2,7-13)11(15)18-3/h4-6H,1-3H3. The van der Waals surface area contributed by atoms with Gasteiger partial charge in [0.2, 0.25) is 0 Å². The Bertz CT molecular complexity index is 547. The first-order chi connectivity index (χ1) is 8.36. The van der Waals surface area contributed by atoms with Crippen LogP contribution in [0.5, 0.6) is 0 Å². The minimum atomic E-state index is -1.55. The molecule has 0 bridgehead atoms. The highest BCUT2D eigenvalue weighted by Crippen LogP contribution is 2.30. The third kappa shape index (κ3) is 2.15. The molecule has 0 spiro atoms. The number of benzene rings is 1. The monoisotopic (exact) mass is 248 g/mol. The van der Waals surface area contributed by atoms with Crippen LogP contribution in [-0.4, -0.2) is 18.0 Å². The summed E-state index contributed by atoms with van der Waals surface area (Å²) in [5, 5.41) is 19.9. The van der Waals surface area contributed by atoms with Gasteiger partial charge in [-0.15, -0.1) is 0 Å². The summed E-state index contributed by atoms with van der Waals surface area (Å²) >= 11 is 0. The molecule has 0 aliphatic carbocycles. The zero-order valence-corrected chi connectivity index (χ0v) is 10.3. The number of ether oxygens (including phenoxy) is 1. The highest BCUT2D eigenvalue weighted by molar-refractivity contribution is 5.86. The van der Waals surface area contributed by atoms with Crippen molar-refractivity contribution in [3.05, 3.63) is 39.4 Å². The van der Waals surface area contributed by atoms with E-state index in [4.69, 9.17) is 0 Å². The van der Waals surface area contributed by atoms with E-state index in [9.17, 15) is 20.2 Å². The number of methoxy groups -OCH3 is 1. The van der Waals surface area contributed by atoms with Gasteiger partial charge in [-0.05, 0) is 25.0 Å². The number of hydrogen-bond acceptors (Lipinski definition) is 5. The molecule has 0 N–H and O–H groups in total. The van der Waals surface area contributed by atoms with E-state index in [0.717, 1.165) is 0 Å². The van der Waals surface area contributed by atoms with E-state index in [1.807, 2.05) is 6.07 Å². The number of esters is 1. The van der Waals surface area contributed by atoms with Crippen molar-refractivity contribution in [1.29, 1.82) is 5.26 Å². The van der Waals surface area contributed by atoms with Crippen LogP contribution in [0.25, 0.3) is 0 Å². The van der Waals surface area contributed by atoms with E-state index in [0.29, 0.717) is 5.56 Å². The lowest BCUT2D eigenvalue weighted by molar-refractivity contribution is -0.385. The van der Waals surface area contributed by atoms with Gasteiger partial charge in [0.1, 0.15) is 0 Å². The van der Waals surface area contributed by atoms with E-state index >= 15 is 0 Å². The van der Waals surface area contributed by atoms with Crippen molar-refractivity contribution in [3.63, 3.8) is 0 Å². The van der Waals surface area contributed by atoms with Crippen molar-refractivity contribution in [3.8, 4) is 6.07 Å². The predicted octanol–water partition coefficient (Wildman–Crippen LogP) is 1.86. The van der Waals surface area contributed by atoms with Gasteiger partial charge in [-0.2, -0.15) is 5.26 Å². The molecule has 1 aromatic carbocycles. The molecule has 0 aliphatic rings. The Balaban J connectivity index is 3.48. The first-order valence-corrected chi connectivity index (χ1v) is 5.12. The quantitative estimate of drug-likeness (QED) is 0.462. The zero-order valence-electron chi connectivity index (χ0n) is 10.3. The second-order valence-electron chi connectivity index (χ2n) is 3.98. The number of nitriles is 1. The molecule has 1 rings (SSSR count). The average molecular weight is 248 g/mol. The third-order valence-electron chi connectivity index (χ3n) is 2.79. The van der Waals surface area contributed by atoms with Gasteiger partial charge in [0.15, 0.2) is 5.41 Å². The van der Waals surface area contributed by atoms with E-state index in [-0.39, 0.29) is 11.3 Å². The van der Waals surface area contributed by atoms with Gasteiger partial charge in [0, 0.05) is 12.1 Å². The molecule has 6 nitrogen and oxygen atoms in total. The molecule has 6 heteroatoms. The van der Waals surface area contributed by atoms with Gasteiger partial charge in [0.05, 0.1) is 18.1 Å². The van der Waals surface area contributed by atoms with Gasteiger partial charge < -0.3 is 4.74 Å². The van der Waals surface area contributed by atoms with E-state index in [1.165, 1.54) is 32.2 Å². The molecular weight excluding hydrogens is 236 g/mol. The summed E-state index contributed by atoms with van der Waals surface area (Å²) in [7, 11) is 1.17. The summed E-state index contributed by atoms with van der Waals surface area (Å²) in [5.74, 6) is -0.742. The third-order valence-corrected chi connectivity index (χ3v) is 2.79. The number of nitro groups is 1. The van der Waals surface area contributed by atoms with Gasteiger partial charge in [-0.1, -0.05) is 6.07 Å². The molecule has 0 saturated heterocycles. The summed E-state index contributed by atoms with van der Waals surface area (Å²) in [5.41, 5.74) is -0.813. The molecule has 18 heavy (non-hydrogen) atoms. The highest BCUT2D eigenvalue weighted by atomic mass is 16.6. The number of hydrogen-bond donors (Lipinski definition) is 0. The average Bonchev–Trinajstić information content (AvgIpc) is 2.37. The smallest absolute Gasteiger partial charge is 0.330 e. The summed E-state index contributed by atoms with van der Waals surface area (Å²) in [4.78, 5) is 21.8. The summed E-state index contributed by atoms with van der Waals surface area (Å²) in [6.45, 7) is 3.06. The summed E-state index contributed by atoms with van der Waals surface area (Å²) in [6, 6.07) is 5.92. The van der Waals surface area contributed by atoms with Crippen molar-refractivity contribution in [2.24, 2.45) is 0 Å². The fraction of sp³-hybridized carbons (Fsp3) is 0.333. The van der Waals surface area contributed by atoms with Crippen LogP contribution < -0.4 is 0 Å². The lowest BCUT2D eigenvalue weighted by atomic mass is 9.81. The second kappa shape index (κ2) is 4.84. The van der Waals surface area contributed by atoms with E-state index < -0.39 is 16.3 Å². The van der Waals surface area contributed by atoms with Crippen LogP contribution in [-0.2, 0) is 14.9 Å². The largest absolute Gasteiger partial charge is 0.468 e. The van der Waals surface area contributed by atoms with Gasteiger partial charge >= 0.3 is 5.97 Å². The SMILES string of the molecule is COC(=O)C(C)(C#N)c1cc([N+](=O)[O-])ccc1C. The Hall–Kier alpha value is -2.42. The highest BCUT2D eigenvalue weighted by Gasteiger charge is 2.38. The molecule has 1 unspecified atom stereocenters. The minimum absolute atomic E-state index is 0.166. The topological polar surface area (TPSA) is 93.2 Å². The lowest BCUT2D eigenvalue weighted by Gasteiger charge is -2.20. The Morgan fingerprint density at radius 1 is 1.56 bits per heavy atom. The van der Waals surface area contributed by atoms with Crippen LogP contribution >= 0.6 is 0 Å². The maximum atomic E-state index is 11.7. The maximum absolute atomic E-state index is 11.7. The first-order valence-electron chi connectivity index (χ1n) is 5.12. The summed E-state index contributed by atoms with van der Waals surface area (Å²) < 4.78 is 4.58. The van der Waals surface area contributed by atoms with E-state index in [2.05, 4.69) is 4.74 Å². The van der Waals surface area contributed by atoms with Crippen LogP contribution in [0, 0.1) is 28.4 Å². The van der Waals surface area contributed by atoms with Crippen LogP contribution in [0.1, 0.15) is 18.1 Å². The zero-order chi connectivity index (χ0) is 13.9. The normalized spacial score (nSPS) is 13.2. The van der Waals surface area contributed by atoms with Crippen molar-refractivity contribution < 1.29 is 14.5 Å². The molecule has 0 radical (unpaired) electrons. The number of nitro benzene ring substituents is 1. The van der Waals surface area contributed by atoms with Crippen LogP contribution in [0.3, 0.4) is 0 Å². The van der Waals surface area contributed by atoms with Crippen molar-refractivity contribution in [2.45, 2.75) is 19.3 Å². The Kier molecular flexibility index (Phi) is 3.67. The van der Waals surface area contributed by atoms with Gasteiger partial charge in [0.25, 0.3) is 5.69 Å². The van der Waals surface area contributed by atoms with Crippen molar-refractivity contribution in [1.82, 2.24) is 0 Å². The number of aryl methyl sites for hydroxylation is 1. The fourth-order valence-corrected chi connectivity index (χ4v) is 1.68. The molecule has 0 aromatic heterocycles. The number of non-ortho nitro benzene ring substituents is 1. The van der Waals surface area contributed by atoms with Crippen molar-refractivity contribution in [2.75, 3.05) is 7.11 Å². The van der Waals surface area contributed by atoms with Gasteiger partial charge in [-0.25, -0.2) is 4.79 Å². The number of carbonyl (C=O) groups excluding carboxylic acids is 1. The maximum Gasteiger partial charge on any atom is 0.330 e. The molecule has 0 amide bonds. The molecule has 94 valence electrons. The molecule has 0 fully saturated rings. The van der Waals surface area contributed by atoms with Crippen molar-refractivity contribution >= 4 is 11.7 Å². The number of carbonyl (C=O) groups is 1. The lowest BCUT2D eigenvalue weighted by Crippen LogP contribution is -2.33. The van der Waals surface area contributed by atoms with Crippen LogP contribution in [0.2, 0.25) is 0 Å². The molecule has 0 saturated carbocycles. The summed E-state index contributed by atoms with van der Waals surface area (Å²) in [6.07, 6.45) is 0. The Morgan fingerprint density at radius 3 is 2.61 bits per heavy atom. The van der Waals surface area contributed by atoms with E-state index in [1.54, 1.807) is 6.92 Å². The Labute approximate surface area is 104 Å². The van der Waals surface area contributed by atoms with Crippen LogP contribution in [0.4, 0.5) is 5.69 Å².